The number of hydrogen-bond acceptors (Lipinski definition) is 6. The Morgan fingerprint density at radius 2 is 1.81 bits per heavy atom. The lowest BCUT2D eigenvalue weighted by molar-refractivity contribution is -0.115. The molecular weight excluding hydrogens is 475 g/mol. The normalized spacial score (nSPS) is 13.8. The minimum absolute atomic E-state index is 0.151. The second-order valence-electron chi connectivity index (χ2n) is 8.35. The average molecular weight is 497 g/mol. The van der Waals surface area contributed by atoms with Crippen LogP contribution >= 0.6 is 0 Å². The molecule has 12 heteroatoms. The first-order chi connectivity index (χ1) is 17.1. The monoisotopic (exact) mass is 497 g/mol. The summed E-state index contributed by atoms with van der Waals surface area (Å²) in [4.78, 5) is 25.4. The highest BCUT2D eigenvalue weighted by molar-refractivity contribution is 6.11. The Labute approximate surface area is 204 Å². The van der Waals surface area contributed by atoms with E-state index in [1.54, 1.807) is 46.8 Å². The minimum Gasteiger partial charge on any atom is -0.497 e. The molecule has 9 nitrogen and oxygen atoms in total. The zero-order valence-electron chi connectivity index (χ0n) is 19.7. The lowest BCUT2D eigenvalue weighted by Crippen LogP contribution is -2.46. The van der Waals surface area contributed by atoms with E-state index in [-0.39, 0.29) is 18.3 Å². The Hall–Kier alpha value is -4.35. The summed E-state index contributed by atoms with van der Waals surface area (Å²) in [5, 5.41) is 7.46. The van der Waals surface area contributed by atoms with E-state index < -0.39 is 18.8 Å². The van der Waals surface area contributed by atoms with Crippen LogP contribution < -0.4 is 19.9 Å². The van der Waals surface area contributed by atoms with Gasteiger partial charge in [-0.2, -0.15) is 23.3 Å². The van der Waals surface area contributed by atoms with Crippen molar-refractivity contribution in [2.45, 2.75) is 19.6 Å². The third kappa shape index (κ3) is 4.37. The maximum atomic E-state index is 13.9. The molecule has 4 aromatic rings. The second-order valence-corrected chi connectivity index (χ2v) is 8.35. The maximum Gasteiger partial charge on any atom is 0.405 e. The van der Waals surface area contributed by atoms with Crippen molar-refractivity contribution in [3.05, 3.63) is 59.9 Å². The van der Waals surface area contributed by atoms with Gasteiger partial charge < -0.3 is 10.1 Å². The number of methoxy groups -OCH3 is 1. The molecule has 0 unspecified atom stereocenters. The summed E-state index contributed by atoms with van der Waals surface area (Å²) >= 11 is 0. The molecule has 186 valence electrons. The molecule has 0 bridgehead atoms. The van der Waals surface area contributed by atoms with Gasteiger partial charge in [0.15, 0.2) is 5.82 Å². The number of nitrogens with one attached hydrogen (secondary N) is 1. The molecule has 0 fully saturated rings. The van der Waals surface area contributed by atoms with Crippen LogP contribution in [0.1, 0.15) is 11.3 Å². The minimum atomic E-state index is -4.44. The number of hydrogen-bond donors (Lipinski definition) is 1. The Kier molecular flexibility index (Phi) is 5.65. The summed E-state index contributed by atoms with van der Waals surface area (Å²) < 4.78 is 45.3. The number of benzene rings is 2. The van der Waals surface area contributed by atoms with Crippen LogP contribution in [0.4, 0.5) is 41.1 Å². The predicted octanol–water partition coefficient (Wildman–Crippen LogP) is 4.93. The molecule has 0 atom stereocenters. The van der Waals surface area contributed by atoms with E-state index in [1.807, 2.05) is 25.4 Å². The molecule has 2 aromatic heterocycles. The third-order valence-electron chi connectivity index (χ3n) is 5.83. The predicted molar refractivity (Wildman–Crippen MR) is 129 cm³/mol. The number of aryl methyl sites for hydroxylation is 2. The number of halogens is 3. The number of urea groups is 1. The van der Waals surface area contributed by atoms with E-state index >= 15 is 0 Å². The van der Waals surface area contributed by atoms with E-state index in [1.165, 1.54) is 12.0 Å². The number of ether oxygens (including phenoxy) is 1. The zero-order chi connectivity index (χ0) is 25.6. The molecule has 2 amide bonds. The fourth-order valence-electron chi connectivity index (χ4n) is 4.12. The number of carbonyl (C=O) groups is 1. The van der Waals surface area contributed by atoms with Crippen molar-refractivity contribution in [2.75, 3.05) is 28.8 Å². The van der Waals surface area contributed by atoms with Crippen molar-refractivity contribution in [3.63, 3.8) is 0 Å². The summed E-state index contributed by atoms with van der Waals surface area (Å²) in [5.41, 5.74) is 2.99. The standard InChI is InChI=1S/C24H22F3N7O2/c1-14-19-12-33(17-6-9-20-15(10-17)11-32(2)31-20)23(35)34(16-4-7-18(36-3)8-5-16)21(19)30-22(29-14)28-13-24(25,26)27/h4-11H,12-13H2,1-3H3,(H,28,29,30). The average Bonchev–Trinajstić information content (AvgIpc) is 3.21. The SMILES string of the molecule is COc1ccc(N2C(=O)N(c3ccc4nn(C)cc4c3)Cc3c(C)nc(NCC(F)(F)F)nc32)cc1. The van der Waals surface area contributed by atoms with E-state index in [4.69, 9.17) is 4.74 Å². The summed E-state index contributed by atoms with van der Waals surface area (Å²) in [6.07, 6.45) is -2.59. The van der Waals surface area contributed by atoms with Crippen LogP contribution in [0.3, 0.4) is 0 Å². The first-order valence-corrected chi connectivity index (χ1v) is 11.0. The van der Waals surface area contributed by atoms with Crippen LogP contribution in [-0.2, 0) is 13.6 Å². The van der Waals surface area contributed by atoms with Gasteiger partial charge in [0.25, 0.3) is 0 Å². The Morgan fingerprint density at radius 3 is 2.50 bits per heavy atom. The molecule has 2 aromatic carbocycles. The van der Waals surface area contributed by atoms with Gasteiger partial charge in [-0.05, 0) is 49.4 Å². The van der Waals surface area contributed by atoms with Gasteiger partial charge in [0.2, 0.25) is 5.95 Å². The molecule has 3 heterocycles. The van der Waals surface area contributed by atoms with Gasteiger partial charge in [0.1, 0.15) is 12.3 Å². The molecule has 36 heavy (non-hydrogen) atoms. The van der Waals surface area contributed by atoms with Crippen molar-refractivity contribution >= 4 is 40.1 Å². The third-order valence-corrected chi connectivity index (χ3v) is 5.83. The molecule has 0 saturated heterocycles. The molecule has 0 radical (unpaired) electrons. The highest BCUT2D eigenvalue weighted by Gasteiger charge is 2.36. The van der Waals surface area contributed by atoms with E-state index in [2.05, 4.69) is 20.4 Å². The first-order valence-electron chi connectivity index (χ1n) is 11.0. The lowest BCUT2D eigenvalue weighted by atomic mass is 10.1. The molecule has 1 aliphatic heterocycles. The number of carbonyl (C=O) groups excluding carboxylic acids is 1. The van der Waals surface area contributed by atoms with E-state index in [0.717, 1.165) is 10.9 Å². The second kappa shape index (κ2) is 8.70. The molecule has 1 N–H and O–H groups in total. The number of alkyl halides is 3. The van der Waals surface area contributed by atoms with Crippen molar-refractivity contribution in [2.24, 2.45) is 7.05 Å². The zero-order valence-corrected chi connectivity index (χ0v) is 19.7. The molecule has 0 spiro atoms. The molecular formula is C24H22F3N7O2. The summed E-state index contributed by atoms with van der Waals surface area (Å²) in [5.74, 6) is 0.606. The van der Waals surface area contributed by atoms with Crippen LogP contribution in [0, 0.1) is 6.92 Å². The summed E-state index contributed by atoms with van der Waals surface area (Å²) in [7, 11) is 3.35. The van der Waals surface area contributed by atoms with Crippen LogP contribution in [0.2, 0.25) is 0 Å². The molecule has 5 rings (SSSR count). The van der Waals surface area contributed by atoms with Gasteiger partial charge in [-0.15, -0.1) is 0 Å². The van der Waals surface area contributed by atoms with E-state index in [0.29, 0.717) is 28.4 Å². The molecule has 0 aliphatic carbocycles. The van der Waals surface area contributed by atoms with Crippen LogP contribution in [0.5, 0.6) is 5.75 Å². The fraction of sp³-hybridized carbons (Fsp3) is 0.250. The fourth-order valence-corrected chi connectivity index (χ4v) is 4.12. The van der Waals surface area contributed by atoms with Crippen molar-refractivity contribution in [1.29, 1.82) is 0 Å². The lowest BCUT2D eigenvalue weighted by Gasteiger charge is -2.37. The maximum absolute atomic E-state index is 13.9. The topological polar surface area (TPSA) is 88.4 Å². The summed E-state index contributed by atoms with van der Waals surface area (Å²) in [6, 6.07) is 11.9. The van der Waals surface area contributed by atoms with Gasteiger partial charge in [0.05, 0.1) is 30.6 Å². The Balaban J connectivity index is 1.61. The molecule has 1 aliphatic rings. The number of anilines is 4. The van der Waals surface area contributed by atoms with Gasteiger partial charge in [-0.25, -0.2) is 14.7 Å². The highest BCUT2D eigenvalue weighted by Crippen LogP contribution is 2.38. The van der Waals surface area contributed by atoms with Gasteiger partial charge >= 0.3 is 12.2 Å². The first kappa shape index (κ1) is 23.4. The number of amides is 2. The highest BCUT2D eigenvalue weighted by atomic mass is 19.4. The Bertz CT molecular complexity index is 1450. The van der Waals surface area contributed by atoms with Crippen molar-refractivity contribution < 1.29 is 22.7 Å². The Morgan fingerprint density at radius 1 is 1.08 bits per heavy atom. The van der Waals surface area contributed by atoms with Crippen molar-refractivity contribution in [1.82, 2.24) is 19.7 Å². The number of fused-ring (bicyclic) bond motifs is 2. The van der Waals surface area contributed by atoms with Gasteiger partial charge in [-0.1, -0.05) is 0 Å². The summed E-state index contributed by atoms with van der Waals surface area (Å²) in [6.45, 7) is 0.542. The van der Waals surface area contributed by atoms with Crippen LogP contribution in [0.25, 0.3) is 10.9 Å². The number of rotatable bonds is 5. The van der Waals surface area contributed by atoms with Crippen LogP contribution in [-0.4, -0.2) is 45.6 Å². The van der Waals surface area contributed by atoms with Crippen molar-refractivity contribution in [3.8, 4) is 5.75 Å². The number of nitrogens with zero attached hydrogens (tertiary/aromatic N) is 6. The van der Waals surface area contributed by atoms with Gasteiger partial charge in [-0.3, -0.25) is 9.58 Å². The largest absolute Gasteiger partial charge is 0.497 e. The molecule has 0 saturated carbocycles. The quantitative estimate of drug-likeness (QED) is 0.421. The van der Waals surface area contributed by atoms with Gasteiger partial charge in [0, 0.05) is 29.9 Å². The van der Waals surface area contributed by atoms with Crippen LogP contribution in [0.15, 0.2) is 48.7 Å². The smallest absolute Gasteiger partial charge is 0.405 e. The van der Waals surface area contributed by atoms with E-state index in [9.17, 15) is 18.0 Å². The number of aromatic nitrogens is 4.